The summed E-state index contributed by atoms with van der Waals surface area (Å²) in [6.07, 6.45) is -2.58. The first-order valence-electron chi connectivity index (χ1n) is 9.17. The predicted octanol–water partition coefficient (Wildman–Crippen LogP) is 4.96. The molecule has 0 amide bonds. The Morgan fingerprint density at radius 2 is 1.93 bits per heavy atom. The summed E-state index contributed by atoms with van der Waals surface area (Å²) in [4.78, 5) is 16.8. The number of carbonyl (C=O) groups excluding carboxylic acids is 1. The van der Waals surface area contributed by atoms with E-state index in [1.165, 1.54) is 6.26 Å². The van der Waals surface area contributed by atoms with E-state index in [4.69, 9.17) is 16.0 Å². The van der Waals surface area contributed by atoms with Gasteiger partial charge in [0.1, 0.15) is 11.8 Å². The first-order valence-corrected chi connectivity index (χ1v) is 9.55. The summed E-state index contributed by atoms with van der Waals surface area (Å²) < 4.78 is 46.4. The van der Waals surface area contributed by atoms with Gasteiger partial charge in [0, 0.05) is 28.6 Å². The van der Waals surface area contributed by atoms with E-state index in [0.29, 0.717) is 34.0 Å². The molecule has 1 N–H and O–H groups in total. The Balaban J connectivity index is 1.64. The topological polar surface area (TPSA) is 73.0 Å². The van der Waals surface area contributed by atoms with Crippen LogP contribution in [0.4, 0.5) is 19.1 Å². The molecule has 0 unspecified atom stereocenters. The molecule has 1 aromatic carbocycles. The van der Waals surface area contributed by atoms with Crippen molar-refractivity contribution in [1.29, 1.82) is 0 Å². The number of nitrogens with zero attached hydrogens (tertiary/aromatic N) is 3. The predicted molar refractivity (Wildman–Crippen MR) is 101 cm³/mol. The summed E-state index contributed by atoms with van der Waals surface area (Å²) in [5.74, 6) is -1.06. The second-order valence-corrected chi connectivity index (χ2v) is 7.65. The number of fused-ring (bicyclic) bond motifs is 1. The number of nitrogens with one attached hydrogen (secondary N) is 1. The average Bonchev–Trinajstić information content (AvgIpc) is 3.36. The lowest BCUT2D eigenvalue weighted by Crippen LogP contribution is -2.33. The van der Waals surface area contributed by atoms with Crippen LogP contribution in [0.3, 0.4) is 0 Å². The number of Topliss-reactive ketones (excluding diaryl/α,β-unsaturated/α-hetero) is 1. The van der Waals surface area contributed by atoms with Gasteiger partial charge in [0.2, 0.25) is 5.95 Å². The Bertz CT molecular complexity index is 1150. The zero-order valence-electron chi connectivity index (χ0n) is 15.3. The van der Waals surface area contributed by atoms with Crippen molar-refractivity contribution in [2.75, 3.05) is 5.32 Å². The average molecular weight is 435 g/mol. The highest BCUT2D eigenvalue weighted by molar-refractivity contribution is 6.30. The summed E-state index contributed by atoms with van der Waals surface area (Å²) in [6, 6.07) is 9.29. The normalized spacial score (nSPS) is 21.3. The largest absolute Gasteiger partial charge is 0.469 e. The maximum absolute atomic E-state index is 13.3. The third kappa shape index (κ3) is 3.09. The number of halogens is 4. The van der Waals surface area contributed by atoms with Crippen molar-refractivity contribution in [3.05, 3.63) is 76.1 Å². The van der Waals surface area contributed by atoms with Gasteiger partial charge in [-0.25, -0.2) is 4.68 Å². The van der Waals surface area contributed by atoms with Gasteiger partial charge in [0.05, 0.1) is 6.26 Å². The van der Waals surface area contributed by atoms with Gasteiger partial charge in [-0.05, 0) is 36.2 Å². The van der Waals surface area contributed by atoms with Crippen molar-refractivity contribution in [3.8, 4) is 0 Å². The van der Waals surface area contributed by atoms with E-state index in [1.54, 1.807) is 36.4 Å². The molecule has 0 radical (unpaired) electrons. The number of hydrogen-bond acceptors (Lipinski definition) is 5. The summed E-state index contributed by atoms with van der Waals surface area (Å²) >= 11 is 5.97. The van der Waals surface area contributed by atoms with Crippen molar-refractivity contribution >= 4 is 23.3 Å². The highest BCUT2D eigenvalue weighted by Gasteiger charge is 2.43. The van der Waals surface area contributed by atoms with E-state index < -0.39 is 18.0 Å². The van der Waals surface area contributed by atoms with E-state index >= 15 is 0 Å². The van der Waals surface area contributed by atoms with Gasteiger partial charge in [0.15, 0.2) is 5.78 Å². The van der Waals surface area contributed by atoms with Gasteiger partial charge in [0.25, 0.3) is 5.82 Å². The minimum atomic E-state index is -4.71. The summed E-state index contributed by atoms with van der Waals surface area (Å²) in [5.41, 5.74) is 1.51. The molecule has 5 rings (SSSR count). The number of benzene rings is 1. The van der Waals surface area contributed by atoms with Crippen LogP contribution in [-0.4, -0.2) is 20.5 Å². The molecule has 6 nitrogen and oxygen atoms in total. The molecule has 1 aliphatic carbocycles. The van der Waals surface area contributed by atoms with Crippen LogP contribution in [0.25, 0.3) is 0 Å². The zero-order chi connectivity index (χ0) is 21.0. The van der Waals surface area contributed by atoms with E-state index in [-0.39, 0.29) is 24.1 Å². The fraction of sp³-hybridized carbons (Fsp3) is 0.250. The second kappa shape index (κ2) is 6.73. The zero-order valence-corrected chi connectivity index (χ0v) is 16.0. The van der Waals surface area contributed by atoms with Crippen molar-refractivity contribution in [1.82, 2.24) is 14.8 Å². The number of hydrogen-bond donors (Lipinski definition) is 1. The summed E-state index contributed by atoms with van der Waals surface area (Å²) in [7, 11) is 0. The Morgan fingerprint density at radius 1 is 1.17 bits per heavy atom. The van der Waals surface area contributed by atoms with Crippen LogP contribution < -0.4 is 5.32 Å². The number of alkyl halides is 3. The number of anilines is 1. The SMILES string of the molecule is O=C1C[C@@H](c2ccco2)CC2=C1[C@@H](c1ccc(Cl)cc1)n1nc(C(F)(F)F)nc1N2. The molecule has 10 heteroatoms. The molecule has 2 atom stereocenters. The Morgan fingerprint density at radius 3 is 2.60 bits per heavy atom. The molecular weight excluding hydrogens is 421 g/mol. The smallest absolute Gasteiger partial charge is 0.453 e. The first kappa shape index (κ1) is 18.9. The Hall–Kier alpha value is -3.07. The van der Waals surface area contributed by atoms with Crippen LogP contribution in [-0.2, 0) is 11.0 Å². The molecule has 0 bridgehead atoms. The van der Waals surface area contributed by atoms with Crippen LogP contribution >= 0.6 is 11.6 Å². The third-order valence-corrected chi connectivity index (χ3v) is 5.56. The molecule has 154 valence electrons. The molecule has 0 fully saturated rings. The molecule has 0 saturated heterocycles. The summed E-state index contributed by atoms with van der Waals surface area (Å²) in [6.45, 7) is 0. The lowest BCUT2D eigenvalue weighted by atomic mass is 9.79. The van der Waals surface area contributed by atoms with Crippen LogP contribution in [0.2, 0.25) is 5.02 Å². The molecule has 30 heavy (non-hydrogen) atoms. The van der Waals surface area contributed by atoms with Gasteiger partial charge in [-0.2, -0.15) is 18.2 Å². The molecule has 3 aromatic rings. The number of allylic oxidation sites excluding steroid dienone is 2. The van der Waals surface area contributed by atoms with E-state index in [9.17, 15) is 18.0 Å². The fourth-order valence-corrected chi connectivity index (χ4v) is 4.14. The Labute approximate surface area is 173 Å². The number of carbonyl (C=O) groups is 1. The standard InChI is InChI=1S/C20H14ClF3N4O2/c21-12-5-3-10(4-6-12)17-16-13(8-11(9-14(16)29)15-2-1-7-30-15)25-19-26-18(20(22,23)24)27-28(17)19/h1-7,11,17H,8-9H2,(H,25,26,27)/t11-,17+/m0/s1. The van der Waals surface area contributed by atoms with Crippen molar-refractivity contribution < 1.29 is 22.4 Å². The van der Waals surface area contributed by atoms with E-state index in [0.717, 1.165) is 4.68 Å². The maximum atomic E-state index is 13.3. The molecule has 0 spiro atoms. The van der Waals surface area contributed by atoms with E-state index in [1.807, 2.05) is 0 Å². The highest BCUT2D eigenvalue weighted by atomic mass is 35.5. The molecule has 2 aromatic heterocycles. The third-order valence-electron chi connectivity index (χ3n) is 5.30. The van der Waals surface area contributed by atoms with Gasteiger partial charge < -0.3 is 9.73 Å². The minimum Gasteiger partial charge on any atom is -0.469 e. The quantitative estimate of drug-likeness (QED) is 0.617. The van der Waals surface area contributed by atoms with Crippen LogP contribution in [0.1, 0.15) is 41.9 Å². The molecule has 2 aliphatic rings. The molecule has 3 heterocycles. The number of furan rings is 1. The monoisotopic (exact) mass is 434 g/mol. The maximum Gasteiger partial charge on any atom is 0.453 e. The fourth-order valence-electron chi connectivity index (χ4n) is 4.01. The van der Waals surface area contributed by atoms with Gasteiger partial charge in [-0.3, -0.25) is 4.79 Å². The highest BCUT2D eigenvalue weighted by Crippen LogP contribution is 2.44. The number of aromatic nitrogens is 3. The van der Waals surface area contributed by atoms with E-state index in [2.05, 4.69) is 15.4 Å². The van der Waals surface area contributed by atoms with Crippen molar-refractivity contribution in [3.63, 3.8) is 0 Å². The van der Waals surface area contributed by atoms with Crippen LogP contribution in [0.15, 0.2) is 58.3 Å². The first-order chi connectivity index (χ1) is 14.3. The number of rotatable bonds is 2. The van der Waals surface area contributed by atoms with Crippen LogP contribution in [0.5, 0.6) is 0 Å². The van der Waals surface area contributed by atoms with Crippen molar-refractivity contribution in [2.45, 2.75) is 31.0 Å². The van der Waals surface area contributed by atoms with Gasteiger partial charge in [-0.15, -0.1) is 5.10 Å². The van der Waals surface area contributed by atoms with Crippen LogP contribution in [0, 0.1) is 0 Å². The lowest BCUT2D eigenvalue weighted by molar-refractivity contribution is -0.145. The minimum absolute atomic E-state index is 0.0612. The Kier molecular flexibility index (Phi) is 4.25. The lowest BCUT2D eigenvalue weighted by Gasteiger charge is -2.34. The molecule has 1 aliphatic heterocycles. The molecule has 0 saturated carbocycles. The van der Waals surface area contributed by atoms with Gasteiger partial charge >= 0.3 is 6.18 Å². The number of ketones is 1. The van der Waals surface area contributed by atoms with Gasteiger partial charge in [-0.1, -0.05) is 23.7 Å². The second-order valence-electron chi connectivity index (χ2n) is 7.22. The molecular formula is C20H14ClF3N4O2. The van der Waals surface area contributed by atoms with Crippen molar-refractivity contribution in [2.24, 2.45) is 0 Å². The summed E-state index contributed by atoms with van der Waals surface area (Å²) in [5, 5.41) is 7.06.